The molecular formula is C23H44O4. The SMILES string of the molecule is CCCCCCCCCCCOC(=O)CCC(=O)OCC(CC)CCCC. The molecule has 4 heteroatoms. The van der Waals surface area contributed by atoms with Crippen LogP contribution in [0.5, 0.6) is 0 Å². The maximum atomic E-state index is 11.8. The van der Waals surface area contributed by atoms with E-state index >= 15 is 0 Å². The molecule has 4 nitrogen and oxygen atoms in total. The molecule has 0 rings (SSSR count). The molecule has 160 valence electrons. The number of ether oxygens (including phenoxy) is 2. The maximum Gasteiger partial charge on any atom is 0.306 e. The molecule has 0 saturated carbocycles. The van der Waals surface area contributed by atoms with Gasteiger partial charge in [0.05, 0.1) is 26.1 Å². The zero-order valence-electron chi connectivity index (χ0n) is 18.2. The zero-order valence-corrected chi connectivity index (χ0v) is 18.2. The lowest BCUT2D eigenvalue weighted by atomic mass is 10.0. The fourth-order valence-electron chi connectivity index (χ4n) is 3.06. The highest BCUT2D eigenvalue weighted by Crippen LogP contribution is 2.13. The van der Waals surface area contributed by atoms with E-state index in [9.17, 15) is 9.59 Å². The van der Waals surface area contributed by atoms with E-state index in [1.807, 2.05) is 0 Å². The van der Waals surface area contributed by atoms with Crippen molar-refractivity contribution in [1.29, 1.82) is 0 Å². The van der Waals surface area contributed by atoms with Crippen LogP contribution in [0.15, 0.2) is 0 Å². The predicted molar refractivity (Wildman–Crippen MR) is 112 cm³/mol. The van der Waals surface area contributed by atoms with Crippen LogP contribution in [0, 0.1) is 5.92 Å². The summed E-state index contributed by atoms with van der Waals surface area (Å²) in [4.78, 5) is 23.4. The van der Waals surface area contributed by atoms with Crippen LogP contribution < -0.4 is 0 Å². The van der Waals surface area contributed by atoms with Crippen LogP contribution in [0.25, 0.3) is 0 Å². The lowest BCUT2D eigenvalue weighted by Gasteiger charge is -2.14. The molecule has 0 aromatic rings. The number of hydrogen-bond acceptors (Lipinski definition) is 4. The summed E-state index contributed by atoms with van der Waals surface area (Å²) in [7, 11) is 0. The highest BCUT2D eigenvalue weighted by atomic mass is 16.5. The number of rotatable bonds is 19. The molecule has 0 saturated heterocycles. The highest BCUT2D eigenvalue weighted by molar-refractivity contribution is 5.77. The summed E-state index contributed by atoms with van der Waals surface area (Å²) in [6, 6.07) is 0. The summed E-state index contributed by atoms with van der Waals surface area (Å²) >= 11 is 0. The second-order valence-corrected chi connectivity index (χ2v) is 7.65. The van der Waals surface area contributed by atoms with Gasteiger partial charge in [-0.1, -0.05) is 91.4 Å². The van der Waals surface area contributed by atoms with Crippen LogP contribution >= 0.6 is 0 Å². The van der Waals surface area contributed by atoms with Crippen molar-refractivity contribution in [2.45, 2.75) is 117 Å². The normalized spacial score (nSPS) is 12.0. The Bertz CT molecular complexity index is 354. The molecule has 0 aromatic heterocycles. The molecule has 0 aliphatic carbocycles. The quantitative estimate of drug-likeness (QED) is 0.186. The molecular weight excluding hydrogens is 340 g/mol. The van der Waals surface area contributed by atoms with Gasteiger partial charge in [0.1, 0.15) is 0 Å². The summed E-state index contributed by atoms with van der Waals surface area (Å²) in [5.41, 5.74) is 0. The Morgan fingerprint density at radius 1 is 0.667 bits per heavy atom. The number of carbonyl (C=O) groups is 2. The van der Waals surface area contributed by atoms with Crippen LogP contribution in [0.4, 0.5) is 0 Å². The Balaban J connectivity index is 3.50. The second kappa shape index (κ2) is 19.7. The summed E-state index contributed by atoms with van der Waals surface area (Å²) in [5.74, 6) is -0.137. The fraction of sp³-hybridized carbons (Fsp3) is 0.913. The third-order valence-corrected chi connectivity index (χ3v) is 5.07. The highest BCUT2D eigenvalue weighted by Gasteiger charge is 2.12. The molecule has 1 unspecified atom stereocenters. The monoisotopic (exact) mass is 384 g/mol. The first-order valence-electron chi connectivity index (χ1n) is 11.4. The topological polar surface area (TPSA) is 52.6 Å². The average molecular weight is 385 g/mol. The third kappa shape index (κ3) is 18.1. The van der Waals surface area contributed by atoms with E-state index in [4.69, 9.17) is 9.47 Å². The molecule has 0 N–H and O–H groups in total. The molecule has 0 bridgehead atoms. The Labute approximate surface area is 167 Å². The van der Waals surface area contributed by atoms with Gasteiger partial charge >= 0.3 is 11.9 Å². The van der Waals surface area contributed by atoms with E-state index in [2.05, 4.69) is 20.8 Å². The largest absolute Gasteiger partial charge is 0.466 e. The number of unbranched alkanes of at least 4 members (excludes halogenated alkanes) is 9. The van der Waals surface area contributed by atoms with Crippen molar-refractivity contribution < 1.29 is 19.1 Å². The fourth-order valence-corrected chi connectivity index (χ4v) is 3.06. The van der Waals surface area contributed by atoms with Crippen LogP contribution in [-0.4, -0.2) is 25.2 Å². The minimum Gasteiger partial charge on any atom is -0.466 e. The van der Waals surface area contributed by atoms with Crippen molar-refractivity contribution >= 4 is 11.9 Å². The van der Waals surface area contributed by atoms with Crippen molar-refractivity contribution in [3.05, 3.63) is 0 Å². The lowest BCUT2D eigenvalue weighted by molar-refractivity contribution is -0.151. The maximum absolute atomic E-state index is 11.8. The first-order chi connectivity index (χ1) is 13.1. The van der Waals surface area contributed by atoms with Crippen molar-refractivity contribution in [3.8, 4) is 0 Å². The number of esters is 2. The Morgan fingerprint density at radius 2 is 1.19 bits per heavy atom. The summed E-state index contributed by atoms with van der Waals surface area (Å²) in [5, 5.41) is 0. The summed E-state index contributed by atoms with van der Waals surface area (Å²) in [6.45, 7) is 7.47. The van der Waals surface area contributed by atoms with Crippen molar-refractivity contribution in [2.24, 2.45) is 5.92 Å². The Morgan fingerprint density at radius 3 is 1.74 bits per heavy atom. The van der Waals surface area contributed by atoms with E-state index in [1.54, 1.807) is 0 Å². The standard InChI is InChI=1S/C23H44O4/c1-4-7-9-10-11-12-13-14-15-19-26-22(24)17-18-23(25)27-20-21(6-3)16-8-5-2/h21H,4-20H2,1-3H3. The predicted octanol–water partition coefficient (Wildman–Crippen LogP) is 6.60. The molecule has 0 aliphatic rings. The smallest absolute Gasteiger partial charge is 0.306 e. The van der Waals surface area contributed by atoms with Crippen LogP contribution in [0.2, 0.25) is 0 Å². The summed E-state index contributed by atoms with van der Waals surface area (Å²) < 4.78 is 10.5. The molecule has 0 heterocycles. The van der Waals surface area contributed by atoms with Crippen LogP contribution in [-0.2, 0) is 19.1 Å². The van der Waals surface area contributed by atoms with Crippen molar-refractivity contribution in [3.63, 3.8) is 0 Å². The molecule has 0 aromatic carbocycles. The minimum atomic E-state index is -0.287. The van der Waals surface area contributed by atoms with Gasteiger partial charge in [0.25, 0.3) is 0 Å². The van der Waals surface area contributed by atoms with E-state index in [0.29, 0.717) is 19.1 Å². The molecule has 0 fully saturated rings. The average Bonchev–Trinajstić information content (AvgIpc) is 2.68. The summed E-state index contributed by atoms with van der Waals surface area (Å²) in [6.07, 6.45) is 15.9. The second-order valence-electron chi connectivity index (χ2n) is 7.65. The van der Waals surface area contributed by atoms with Crippen LogP contribution in [0.3, 0.4) is 0 Å². The van der Waals surface area contributed by atoms with Crippen LogP contribution in [0.1, 0.15) is 117 Å². The molecule has 27 heavy (non-hydrogen) atoms. The molecule has 0 aliphatic heterocycles. The molecule has 1 atom stereocenters. The van der Waals surface area contributed by atoms with Crippen molar-refractivity contribution in [1.82, 2.24) is 0 Å². The van der Waals surface area contributed by atoms with Gasteiger partial charge in [-0.3, -0.25) is 9.59 Å². The first-order valence-corrected chi connectivity index (χ1v) is 11.4. The van der Waals surface area contributed by atoms with E-state index in [-0.39, 0.29) is 24.8 Å². The van der Waals surface area contributed by atoms with E-state index < -0.39 is 0 Å². The molecule has 0 spiro atoms. The third-order valence-electron chi connectivity index (χ3n) is 5.07. The van der Waals surface area contributed by atoms with Gasteiger partial charge in [0.2, 0.25) is 0 Å². The van der Waals surface area contributed by atoms with Crippen molar-refractivity contribution in [2.75, 3.05) is 13.2 Å². The van der Waals surface area contributed by atoms with Gasteiger partial charge in [-0.05, 0) is 18.8 Å². The number of hydrogen-bond donors (Lipinski definition) is 0. The van der Waals surface area contributed by atoms with E-state index in [0.717, 1.165) is 32.1 Å². The van der Waals surface area contributed by atoms with Gasteiger partial charge < -0.3 is 9.47 Å². The Kier molecular flexibility index (Phi) is 18.9. The zero-order chi connectivity index (χ0) is 20.2. The Hall–Kier alpha value is -1.06. The van der Waals surface area contributed by atoms with Gasteiger partial charge in [0, 0.05) is 0 Å². The van der Waals surface area contributed by atoms with Gasteiger partial charge in [-0.15, -0.1) is 0 Å². The van der Waals surface area contributed by atoms with E-state index in [1.165, 1.54) is 51.4 Å². The van der Waals surface area contributed by atoms with Gasteiger partial charge in [0.15, 0.2) is 0 Å². The molecule has 0 radical (unpaired) electrons. The molecule has 0 amide bonds. The van der Waals surface area contributed by atoms with Gasteiger partial charge in [-0.2, -0.15) is 0 Å². The first kappa shape index (κ1) is 25.9. The lowest BCUT2D eigenvalue weighted by Crippen LogP contribution is -2.15. The van der Waals surface area contributed by atoms with Gasteiger partial charge in [-0.25, -0.2) is 0 Å². The number of carbonyl (C=O) groups excluding carboxylic acids is 2. The minimum absolute atomic E-state index is 0.126.